The summed E-state index contributed by atoms with van der Waals surface area (Å²) in [5.74, 6) is -0.198. The number of hydrogen-bond acceptors (Lipinski definition) is 2. The average molecular weight is 192 g/mol. The third kappa shape index (κ3) is 1.35. The zero-order valence-corrected chi connectivity index (χ0v) is 7.99. The van der Waals surface area contributed by atoms with E-state index in [1.807, 2.05) is 24.3 Å². The van der Waals surface area contributed by atoms with Gasteiger partial charge in [-0.25, -0.2) is 4.79 Å². The minimum absolute atomic E-state index is 0.527. The fourth-order valence-electron chi connectivity index (χ4n) is 1.63. The summed E-state index contributed by atoms with van der Waals surface area (Å²) in [5, 5.41) is 9.00. The van der Waals surface area contributed by atoms with Crippen LogP contribution in [0.5, 0.6) is 5.75 Å². The van der Waals surface area contributed by atoms with Crippen molar-refractivity contribution in [3.05, 3.63) is 29.8 Å². The van der Waals surface area contributed by atoms with Gasteiger partial charge in [-0.1, -0.05) is 18.2 Å². The molecule has 0 spiro atoms. The standard InChI is InChI=1S/C11H12O3/c1-11(10(12)13)7-6-8-4-2-3-5-9(8)14-11/h2-5H,6-7H2,1H3,(H,12,13). The predicted octanol–water partition coefficient (Wildman–Crippen LogP) is 1.85. The van der Waals surface area contributed by atoms with E-state index < -0.39 is 11.6 Å². The molecule has 1 unspecified atom stereocenters. The summed E-state index contributed by atoms with van der Waals surface area (Å²) in [7, 11) is 0. The monoisotopic (exact) mass is 192 g/mol. The SMILES string of the molecule is CC1(C(=O)O)CCc2ccccc2O1. The van der Waals surface area contributed by atoms with Crippen molar-refractivity contribution in [2.45, 2.75) is 25.4 Å². The lowest BCUT2D eigenvalue weighted by molar-refractivity contribution is -0.155. The molecule has 0 saturated carbocycles. The van der Waals surface area contributed by atoms with Crippen molar-refractivity contribution in [2.75, 3.05) is 0 Å². The Bertz CT molecular complexity index is 373. The maximum atomic E-state index is 11.0. The molecule has 1 atom stereocenters. The van der Waals surface area contributed by atoms with Gasteiger partial charge in [0.2, 0.25) is 5.60 Å². The first-order valence-electron chi connectivity index (χ1n) is 4.62. The first-order chi connectivity index (χ1) is 6.62. The molecule has 0 aliphatic carbocycles. The summed E-state index contributed by atoms with van der Waals surface area (Å²) in [6.07, 6.45) is 1.29. The number of aliphatic carboxylic acids is 1. The summed E-state index contributed by atoms with van der Waals surface area (Å²) < 4.78 is 5.48. The summed E-state index contributed by atoms with van der Waals surface area (Å²) >= 11 is 0. The lowest BCUT2D eigenvalue weighted by atomic mass is 9.93. The molecule has 0 saturated heterocycles. The Kier molecular flexibility index (Phi) is 1.95. The van der Waals surface area contributed by atoms with Crippen LogP contribution in [0.4, 0.5) is 0 Å². The van der Waals surface area contributed by atoms with Crippen molar-refractivity contribution in [2.24, 2.45) is 0 Å². The second-order valence-electron chi connectivity index (χ2n) is 3.75. The van der Waals surface area contributed by atoms with Crippen LogP contribution in [0.1, 0.15) is 18.9 Å². The summed E-state index contributed by atoms with van der Waals surface area (Å²) in [6.45, 7) is 1.62. The van der Waals surface area contributed by atoms with Gasteiger partial charge in [0.1, 0.15) is 5.75 Å². The molecule has 3 nitrogen and oxygen atoms in total. The Morgan fingerprint density at radius 1 is 1.50 bits per heavy atom. The number of carboxylic acid groups (broad SMARTS) is 1. The smallest absolute Gasteiger partial charge is 0.347 e. The molecule has 0 amide bonds. The number of carboxylic acids is 1. The van der Waals surface area contributed by atoms with Crippen molar-refractivity contribution in [3.8, 4) is 5.75 Å². The third-order valence-electron chi connectivity index (χ3n) is 2.63. The van der Waals surface area contributed by atoms with Gasteiger partial charge in [0.15, 0.2) is 0 Å². The summed E-state index contributed by atoms with van der Waals surface area (Å²) in [4.78, 5) is 11.0. The molecule has 1 heterocycles. The maximum Gasteiger partial charge on any atom is 0.347 e. The highest BCUT2D eigenvalue weighted by Gasteiger charge is 2.38. The molecule has 74 valence electrons. The molecule has 1 aliphatic heterocycles. The van der Waals surface area contributed by atoms with E-state index in [-0.39, 0.29) is 0 Å². The van der Waals surface area contributed by atoms with E-state index in [1.165, 1.54) is 0 Å². The fourth-order valence-corrected chi connectivity index (χ4v) is 1.63. The van der Waals surface area contributed by atoms with E-state index in [2.05, 4.69) is 0 Å². The zero-order valence-electron chi connectivity index (χ0n) is 7.99. The van der Waals surface area contributed by atoms with Gasteiger partial charge in [-0.3, -0.25) is 0 Å². The molecule has 2 rings (SSSR count). The predicted molar refractivity (Wildman–Crippen MR) is 51.4 cm³/mol. The minimum Gasteiger partial charge on any atom is -0.478 e. The molecule has 1 aromatic carbocycles. The molecule has 0 bridgehead atoms. The van der Waals surface area contributed by atoms with E-state index in [0.29, 0.717) is 12.2 Å². The first-order valence-corrected chi connectivity index (χ1v) is 4.62. The van der Waals surface area contributed by atoms with E-state index >= 15 is 0 Å². The number of ether oxygens (including phenoxy) is 1. The highest BCUT2D eigenvalue weighted by molar-refractivity contribution is 5.78. The van der Waals surface area contributed by atoms with Gasteiger partial charge in [0.25, 0.3) is 0 Å². The van der Waals surface area contributed by atoms with Gasteiger partial charge in [0, 0.05) is 6.42 Å². The number of rotatable bonds is 1. The van der Waals surface area contributed by atoms with Crippen LogP contribution in [-0.4, -0.2) is 16.7 Å². The summed E-state index contributed by atoms with van der Waals surface area (Å²) in [5.41, 5.74) is 0.0279. The van der Waals surface area contributed by atoms with Gasteiger partial charge in [-0.2, -0.15) is 0 Å². The van der Waals surface area contributed by atoms with Crippen molar-refractivity contribution in [1.82, 2.24) is 0 Å². The maximum absolute atomic E-state index is 11.0. The van der Waals surface area contributed by atoms with Crippen molar-refractivity contribution < 1.29 is 14.6 Å². The van der Waals surface area contributed by atoms with Gasteiger partial charge in [-0.15, -0.1) is 0 Å². The molecule has 1 N–H and O–H groups in total. The topological polar surface area (TPSA) is 46.5 Å². The Balaban J connectivity index is 2.34. The Morgan fingerprint density at radius 3 is 2.93 bits per heavy atom. The van der Waals surface area contributed by atoms with Gasteiger partial charge in [0.05, 0.1) is 0 Å². The fraction of sp³-hybridized carbons (Fsp3) is 0.364. The van der Waals surface area contributed by atoms with E-state index in [1.54, 1.807) is 6.92 Å². The van der Waals surface area contributed by atoms with E-state index in [9.17, 15) is 4.79 Å². The first kappa shape index (κ1) is 9.06. The molecule has 0 radical (unpaired) electrons. The molecule has 3 heteroatoms. The van der Waals surface area contributed by atoms with Gasteiger partial charge in [-0.05, 0) is 25.0 Å². The largest absolute Gasteiger partial charge is 0.478 e. The van der Waals surface area contributed by atoms with Crippen LogP contribution < -0.4 is 4.74 Å². The van der Waals surface area contributed by atoms with Crippen LogP contribution >= 0.6 is 0 Å². The summed E-state index contributed by atoms with van der Waals surface area (Å²) in [6, 6.07) is 7.57. The number of aryl methyl sites for hydroxylation is 1. The van der Waals surface area contributed by atoms with Gasteiger partial charge >= 0.3 is 5.97 Å². The Hall–Kier alpha value is -1.51. The molecule has 1 aromatic rings. The van der Waals surface area contributed by atoms with Crippen LogP contribution in [0.3, 0.4) is 0 Å². The second kappa shape index (κ2) is 3.01. The van der Waals surface area contributed by atoms with Crippen LogP contribution in [0.15, 0.2) is 24.3 Å². The van der Waals surface area contributed by atoms with E-state index in [4.69, 9.17) is 9.84 Å². The van der Waals surface area contributed by atoms with Gasteiger partial charge < -0.3 is 9.84 Å². The molecule has 0 fully saturated rings. The Labute approximate surface area is 82.3 Å². The zero-order chi connectivity index (χ0) is 10.2. The molecule has 14 heavy (non-hydrogen) atoms. The van der Waals surface area contributed by atoms with Crippen LogP contribution in [-0.2, 0) is 11.2 Å². The minimum atomic E-state index is -1.06. The molecule has 0 aromatic heterocycles. The van der Waals surface area contributed by atoms with E-state index in [0.717, 1.165) is 12.0 Å². The third-order valence-corrected chi connectivity index (χ3v) is 2.63. The van der Waals surface area contributed by atoms with Crippen LogP contribution in [0.2, 0.25) is 0 Å². The number of fused-ring (bicyclic) bond motifs is 1. The number of carbonyl (C=O) groups is 1. The average Bonchev–Trinajstić information content (AvgIpc) is 2.17. The molecule has 1 aliphatic rings. The van der Waals surface area contributed by atoms with Crippen molar-refractivity contribution in [3.63, 3.8) is 0 Å². The van der Waals surface area contributed by atoms with Crippen LogP contribution in [0.25, 0.3) is 0 Å². The number of benzene rings is 1. The highest BCUT2D eigenvalue weighted by atomic mass is 16.5. The number of hydrogen-bond donors (Lipinski definition) is 1. The Morgan fingerprint density at radius 2 is 2.21 bits per heavy atom. The normalized spacial score (nSPS) is 24.9. The molecular weight excluding hydrogens is 180 g/mol. The lowest BCUT2D eigenvalue weighted by Gasteiger charge is -2.31. The lowest BCUT2D eigenvalue weighted by Crippen LogP contribution is -2.44. The quantitative estimate of drug-likeness (QED) is 0.738. The molecular formula is C11H12O3. The van der Waals surface area contributed by atoms with Crippen LogP contribution in [0, 0.1) is 0 Å². The highest BCUT2D eigenvalue weighted by Crippen LogP contribution is 2.32. The van der Waals surface area contributed by atoms with Crippen molar-refractivity contribution >= 4 is 5.97 Å². The number of para-hydroxylation sites is 1. The van der Waals surface area contributed by atoms with Crippen molar-refractivity contribution in [1.29, 1.82) is 0 Å². The second-order valence-corrected chi connectivity index (χ2v) is 3.75.